The number of hydrogen-bond acceptors (Lipinski definition) is 4. The third-order valence-corrected chi connectivity index (χ3v) is 3.96. The molecule has 1 amide bonds. The predicted octanol–water partition coefficient (Wildman–Crippen LogP) is 0.719. The number of ether oxygens (including phenoxy) is 1. The van der Waals surface area contributed by atoms with Crippen molar-refractivity contribution in [1.29, 1.82) is 0 Å². The van der Waals surface area contributed by atoms with Gasteiger partial charge in [0.15, 0.2) is 0 Å². The summed E-state index contributed by atoms with van der Waals surface area (Å²) in [6, 6.07) is -0.00949. The van der Waals surface area contributed by atoms with Crippen molar-refractivity contribution in [2.75, 3.05) is 38.2 Å². The van der Waals surface area contributed by atoms with Crippen LogP contribution in [0.2, 0.25) is 0 Å². The van der Waals surface area contributed by atoms with Crippen LogP contribution in [0.15, 0.2) is 0 Å². The monoisotopic (exact) mass is 258 g/mol. The molecule has 2 saturated heterocycles. The number of carbonyl (C=O) groups excluding carboxylic acids is 1. The van der Waals surface area contributed by atoms with Gasteiger partial charge in [-0.25, -0.2) is 0 Å². The Bertz CT molecular complexity index is 253. The van der Waals surface area contributed by atoms with Crippen molar-refractivity contribution >= 4 is 17.7 Å². The van der Waals surface area contributed by atoms with Crippen LogP contribution >= 0.6 is 11.8 Å². The molecule has 2 fully saturated rings. The molecule has 2 unspecified atom stereocenters. The first-order valence-electron chi connectivity index (χ1n) is 6.44. The molecule has 0 saturated carbocycles. The number of thioether (sulfide) groups is 1. The van der Waals surface area contributed by atoms with Gasteiger partial charge >= 0.3 is 0 Å². The molecule has 0 spiro atoms. The number of nitrogens with zero attached hydrogens (tertiary/aromatic N) is 1. The second-order valence-electron chi connectivity index (χ2n) is 4.73. The molecule has 5 heteroatoms. The van der Waals surface area contributed by atoms with Crippen molar-refractivity contribution in [3.8, 4) is 0 Å². The van der Waals surface area contributed by atoms with Crippen LogP contribution in [0.4, 0.5) is 0 Å². The molecule has 0 bridgehead atoms. The third-order valence-electron chi connectivity index (χ3n) is 3.32. The normalized spacial score (nSPS) is 25.0. The Morgan fingerprint density at radius 3 is 2.82 bits per heavy atom. The SMILES string of the molecule is CSCCC(NCC1CO1)C(=O)N1CCCC1. The van der Waals surface area contributed by atoms with Crippen LogP contribution in [-0.4, -0.2) is 61.2 Å². The minimum absolute atomic E-state index is 0.00949. The molecular weight excluding hydrogens is 236 g/mol. The van der Waals surface area contributed by atoms with Crippen LogP contribution < -0.4 is 5.32 Å². The van der Waals surface area contributed by atoms with E-state index >= 15 is 0 Å². The van der Waals surface area contributed by atoms with Gasteiger partial charge in [-0.2, -0.15) is 11.8 Å². The molecule has 2 rings (SSSR count). The average Bonchev–Trinajstić information content (AvgIpc) is 3.01. The maximum absolute atomic E-state index is 12.3. The number of likely N-dealkylation sites (tertiary alicyclic amines) is 1. The van der Waals surface area contributed by atoms with Crippen LogP contribution in [0.5, 0.6) is 0 Å². The van der Waals surface area contributed by atoms with Gasteiger partial charge in [-0.15, -0.1) is 0 Å². The Kier molecular flexibility index (Phi) is 5.13. The van der Waals surface area contributed by atoms with E-state index in [1.807, 2.05) is 4.90 Å². The van der Waals surface area contributed by atoms with E-state index in [2.05, 4.69) is 11.6 Å². The van der Waals surface area contributed by atoms with Gasteiger partial charge in [-0.1, -0.05) is 0 Å². The lowest BCUT2D eigenvalue weighted by Crippen LogP contribution is -2.46. The zero-order valence-corrected chi connectivity index (χ0v) is 11.3. The fourth-order valence-electron chi connectivity index (χ4n) is 2.17. The molecule has 98 valence electrons. The second-order valence-corrected chi connectivity index (χ2v) is 5.72. The molecule has 2 aliphatic rings. The highest BCUT2D eigenvalue weighted by molar-refractivity contribution is 7.98. The minimum Gasteiger partial charge on any atom is -0.372 e. The summed E-state index contributed by atoms with van der Waals surface area (Å²) < 4.78 is 5.18. The molecule has 2 aliphatic heterocycles. The first-order valence-corrected chi connectivity index (χ1v) is 7.83. The molecule has 0 aliphatic carbocycles. The van der Waals surface area contributed by atoms with E-state index < -0.39 is 0 Å². The Morgan fingerprint density at radius 1 is 1.53 bits per heavy atom. The number of rotatable bonds is 7. The van der Waals surface area contributed by atoms with E-state index in [0.29, 0.717) is 6.10 Å². The maximum atomic E-state index is 12.3. The number of amides is 1. The highest BCUT2D eigenvalue weighted by Gasteiger charge is 2.29. The van der Waals surface area contributed by atoms with Crippen molar-refractivity contribution < 1.29 is 9.53 Å². The smallest absolute Gasteiger partial charge is 0.239 e. The summed E-state index contributed by atoms with van der Waals surface area (Å²) in [7, 11) is 0. The topological polar surface area (TPSA) is 44.9 Å². The van der Waals surface area contributed by atoms with Gasteiger partial charge in [0.2, 0.25) is 5.91 Å². The van der Waals surface area contributed by atoms with Gasteiger partial charge in [-0.05, 0) is 31.3 Å². The van der Waals surface area contributed by atoms with Crippen molar-refractivity contribution in [2.45, 2.75) is 31.4 Å². The molecule has 17 heavy (non-hydrogen) atoms. The summed E-state index contributed by atoms with van der Waals surface area (Å²) in [4.78, 5) is 14.3. The molecule has 1 N–H and O–H groups in total. The van der Waals surface area contributed by atoms with Gasteiger partial charge in [0.25, 0.3) is 0 Å². The summed E-state index contributed by atoms with van der Waals surface area (Å²) in [6.07, 6.45) is 5.67. The third kappa shape index (κ3) is 4.16. The second kappa shape index (κ2) is 6.61. The van der Waals surface area contributed by atoms with Gasteiger partial charge in [0.1, 0.15) is 0 Å². The Hall–Kier alpha value is -0.260. The summed E-state index contributed by atoms with van der Waals surface area (Å²) in [5.74, 6) is 1.32. The Labute approximate surface area is 107 Å². The molecule has 0 aromatic carbocycles. The number of carbonyl (C=O) groups is 1. The van der Waals surface area contributed by atoms with E-state index in [1.54, 1.807) is 11.8 Å². The summed E-state index contributed by atoms with van der Waals surface area (Å²) in [5.41, 5.74) is 0. The highest BCUT2D eigenvalue weighted by Crippen LogP contribution is 2.13. The van der Waals surface area contributed by atoms with Gasteiger partial charge < -0.3 is 15.0 Å². The first-order chi connectivity index (χ1) is 8.31. The van der Waals surface area contributed by atoms with Crippen LogP contribution in [-0.2, 0) is 9.53 Å². The van der Waals surface area contributed by atoms with E-state index in [-0.39, 0.29) is 11.9 Å². The van der Waals surface area contributed by atoms with E-state index in [4.69, 9.17) is 4.74 Å². The highest BCUT2D eigenvalue weighted by atomic mass is 32.2. The van der Waals surface area contributed by atoms with E-state index in [1.165, 1.54) is 0 Å². The quantitative estimate of drug-likeness (QED) is 0.684. The lowest BCUT2D eigenvalue weighted by molar-refractivity contribution is -0.132. The van der Waals surface area contributed by atoms with Gasteiger partial charge in [-0.3, -0.25) is 4.79 Å². The fourth-order valence-corrected chi connectivity index (χ4v) is 2.64. The zero-order valence-electron chi connectivity index (χ0n) is 10.5. The molecule has 4 nitrogen and oxygen atoms in total. The predicted molar refractivity (Wildman–Crippen MR) is 70.3 cm³/mol. The Morgan fingerprint density at radius 2 is 2.24 bits per heavy atom. The average molecular weight is 258 g/mol. The summed E-state index contributed by atoms with van der Waals surface area (Å²) in [6.45, 7) is 3.55. The number of hydrogen-bond donors (Lipinski definition) is 1. The van der Waals surface area contributed by atoms with Crippen LogP contribution in [0.1, 0.15) is 19.3 Å². The number of epoxide rings is 1. The largest absolute Gasteiger partial charge is 0.372 e. The van der Waals surface area contributed by atoms with Crippen LogP contribution in [0, 0.1) is 0 Å². The molecule has 2 atom stereocenters. The maximum Gasteiger partial charge on any atom is 0.239 e. The molecule has 2 heterocycles. The van der Waals surface area contributed by atoms with E-state index in [0.717, 1.165) is 51.3 Å². The first kappa shape index (κ1) is 13.2. The van der Waals surface area contributed by atoms with Crippen molar-refractivity contribution in [1.82, 2.24) is 10.2 Å². The molecule has 0 aromatic rings. The summed E-state index contributed by atoms with van der Waals surface area (Å²) in [5, 5.41) is 3.36. The lowest BCUT2D eigenvalue weighted by Gasteiger charge is -2.23. The molecule has 0 radical (unpaired) electrons. The van der Waals surface area contributed by atoms with Crippen molar-refractivity contribution in [2.24, 2.45) is 0 Å². The summed E-state index contributed by atoms with van der Waals surface area (Å²) >= 11 is 1.80. The zero-order chi connectivity index (χ0) is 12.1. The van der Waals surface area contributed by atoms with Gasteiger partial charge in [0, 0.05) is 19.6 Å². The van der Waals surface area contributed by atoms with Crippen molar-refractivity contribution in [3.05, 3.63) is 0 Å². The van der Waals surface area contributed by atoms with Crippen LogP contribution in [0.3, 0.4) is 0 Å². The van der Waals surface area contributed by atoms with Crippen molar-refractivity contribution in [3.63, 3.8) is 0 Å². The van der Waals surface area contributed by atoms with Crippen LogP contribution in [0.25, 0.3) is 0 Å². The van der Waals surface area contributed by atoms with Gasteiger partial charge in [0.05, 0.1) is 18.8 Å². The lowest BCUT2D eigenvalue weighted by atomic mass is 10.2. The molecule has 0 aromatic heterocycles. The standard InChI is InChI=1S/C12H22N2O2S/c1-17-7-4-11(13-8-10-9-16-10)12(15)14-5-2-3-6-14/h10-11,13H,2-9H2,1H3. The fraction of sp³-hybridized carbons (Fsp3) is 0.917. The molecular formula is C12H22N2O2S. The minimum atomic E-state index is -0.00949. The number of nitrogens with one attached hydrogen (secondary N) is 1. The van der Waals surface area contributed by atoms with E-state index in [9.17, 15) is 4.79 Å². The Balaban J connectivity index is 1.80.